The standard InChI is InChI=1S/C25H29ClN4O/c1-18(30(2)3)17-28-25(31)12-10-21(15-19-7-5-4-6-8-19)29-23-13-14-27-24-16-20(26)9-11-22(23)24/h4-14,16,18,21H,15,17H2,1-3H3,(H,27,29)(H,28,31). The average molecular weight is 437 g/mol. The minimum atomic E-state index is -0.0973. The van der Waals surface area contributed by atoms with Gasteiger partial charge >= 0.3 is 0 Å². The van der Waals surface area contributed by atoms with Crippen LogP contribution >= 0.6 is 11.6 Å². The molecule has 0 saturated carbocycles. The molecule has 0 spiro atoms. The maximum absolute atomic E-state index is 12.4. The number of carbonyl (C=O) groups excluding carboxylic acids is 1. The van der Waals surface area contributed by atoms with E-state index in [4.69, 9.17) is 11.6 Å². The van der Waals surface area contributed by atoms with Gasteiger partial charge in [0.2, 0.25) is 5.91 Å². The van der Waals surface area contributed by atoms with Crippen LogP contribution in [0.4, 0.5) is 5.69 Å². The molecule has 1 aromatic heterocycles. The number of hydrogen-bond donors (Lipinski definition) is 2. The summed E-state index contributed by atoms with van der Waals surface area (Å²) in [5.74, 6) is -0.0973. The molecule has 0 saturated heterocycles. The van der Waals surface area contributed by atoms with Gasteiger partial charge in [0.15, 0.2) is 0 Å². The average Bonchev–Trinajstić information content (AvgIpc) is 2.76. The summed E-state index contributed by atoms with van der Waals surface area (Å²) in [6.45, 7) is 2.67. The third-order valence-corrected chi connectivity index (χ3v) is 5.51. The summed E-state index contributed by atoms with van der Waals surface area (Å²) < 4.78 is 0. The first-order chi connectivity index (χ1) is 14.9. The van der Waals surface area contributed by atoms with Crippen LogP contribution in [-0.4, -0.2) is 48.5 Å². The molecule has 2 atom stereocenters. The molecule has 0 fully saturated rings. The summed E-state index contributed by atoms with van der Waals surface area (Å²) in [5, 5.41) is 8.18. The molecule has 162 valence electrons. The molecule has 2 N–H and O–H groups in total. The van der Waals surface area contributed by atoms with Gasteiger partial charge in [0.05, 0.1) is 5.52 Å². The molecule has 2 unspecified atom stereocenters. The number of nitrogens with zero attached hydrogens (tertiary/aromatic N) is 2. The molecule has 1 heterocycles. The Morgan fingerprint density at radius 3 is 2.68 bits per heavy atom. The van der Waals surface area contributed by atoms with E-state index < -0.39 is 0 Å². The van der Waals surface area contributed by atoms with Gasteiger partial charge in [0, 0.05) is 47.0 Å². The highest BCUT2D eigenvalue weighted by molar-refractivity contribution is 6.31. The number of nitrogens with one attached hydrogen (secondary N) is 2. The number of likely N-dealkylation sites (N-methyl/N-ethyl adjacent to an activating group) is 1. The number of amides is 1. The molecule has 31 heavy (non-hydrogen) atoms. The number of hydrogen-bond acceptors (Lipinski definition) is 4. The van der Waals surface area contributed by atoms with Gasteiger partial charge in [-0.05, 0) is 57.3 Å². The molecular formula is C25H29ClN4O. The Labute approximate surface area is 189 Å². The molecule has 0 aliphatic carbocycles. The van der Waals surface area contributed by atoms with Gasteiger partial charge < -0.3 is 15.5 Å². The minimum absolute atomic E-state index is 0.0688. The number of rotatable bonds is 9. The molecule has 5 nitrogen and oxygen atoms in total. The van der Waals surface area contributed by atoms with Crippen LogP contribution < -0.4 is 10.6 Å². The van der Waals surface area contributed by atoms with Crippen molar-refractivity contribution in [2.45, 2.75) is 25.4 Å². The summed E-state index contributed by atoms with van der Waals surface area (Å²) in [7, 11) is 4.00. The van der Waals surface area contributed by atoms with Crippen molar-refractivity contribution in [1.82, 2.24) is 15.2 Å². The first-order valence-corrected chi connectivity index (χ1v) is 10.8. The zero-order valence-electron chi connectivity index (χ0n) is 18.2. The van der Waals surface area contributed by atoms with Crippen LogP contribution in [0.25, 0.3) is 10.9 Å². The normalized spacial score (nSPS) is 13.5. The van der Waals surface area contributed by atoms with Crippen LogP contribution in [0.1, 0.15) is 12.5 Å². The van der Waals surface area contributed by atoms with E-state index in [1.807, 2.05) is 62.6 Å². The van der Waals surface area contributed by atoms with E-state index in [1.54, 1.807) is 12.3 Å². The quantitative estimate of drug-likeness (QED) is 0.484. The van der Waals surface area contributed by atoms with E-state index in [0.29, 0.717) is 11.6 Å². The van der Waals surface area contributed by atoms with E-state index >= 15 is 0 Å². The number of pyridine rings is 1. The third-order valence-electron chi connectivity index (χ3n) is 5.28. The lowest BCUT2D eigenvalue weighted by atomic mass is 10.0. The fourth-order valence-corrected chi connectivity index (χ4v) is 3.34. The van der Waals surface area contributed by atoms with E-state index in [0.717, 1.165) is 23.0 Å². The van der Waals surface area contributed by atoms with Crippen LogP contribution in [0.2, 0.25) is 5.02 Å². The van der Waals surface area contributed by atoms with Gasteiger partial charge in [-0.25, -0.2) is 0 Å². The second kappa shape index (κ2) is 10.9. The number of fused-ring (bicyclic) bond motifs is 1. The highest BCUT2D eigenvalue weighted by Crippen LogP contribution is 2.25. The number of aromatic nitrogens is 1. The lowest BCUT2D eigenvalue weighted by Gasteiger charge is -2.20. The highest BCUT2D eigenvalue weighted by Gasteiger charge is 2.11. The van der Waals surface area contributed by atoms with E-state index in [2.05, 4.69) is 39.6 Å². The van der Waals surface area contributed by atoms with Gasteiger partial charge in [0.1, 0.15) is 0 Å². The van der Waals surface area contributed by atoms with Crippen molar-refractivity contribution in [3.8, 4) is 0 Å². The Morgan fingerprint density at radius 1 is 1.16 bits per heavy atom. The second-order valence-electron chi connectivity index (χ2n) is 7.88. The Hall–Kier alpha value is -2.89. The smallest absolute Gasteiger partial charge is 0.243 e. The number of anilines is 1. The predicted molar refractivity (Wildman–Crippen MR) is 130 cm³/mol. The molecule has 3 rings (SSSR count). The molecule has 1 amide bonds. The third kappa shape index (κ3) is 6.81. The van der Waals surface area contributed by atoms with Gasteiger partial charge in [-0.2, -0.15) is 0 Å². The van der Waals surface area contributed by atoms with Crippen LogP contribution in [0.5, 0.6) is 0 Å². The van der Waals surface area contributed by atoms with Crippen molar-refractivity contribution >= 4 is 34.1 Å². The van der Waals surface area contributed by atoms with Gasteiger partial charge in [-0.3, -0.25) is 9.78 Å². The summed E-state index contributed by atoms with van der Waals surface area (Å²) in [6, 6.07) is 18.0. The number of halogens is 1. The lowest BCUT2D eigenvalue weighted by Crippen LogP contribution is -2.37. The molecule has 0 radical (unpaired) electrons. The SMILES string of the molecule is CC(CNC(=O)C=CC(Cc1ccccc1)Nc1ccnc2cc(Cl)ccc12)N(C)C. The molecule has 0 aliphatic rings. The van der Waals surface area contributed by atoms with Crippen molar-refractivity contribution in [3.05, 3.63) is 83.5 Å². The maximum atomic E-state index is 12.4. The van der Waals surface area contributed by atoms with E-state index in [-0.39, 0.29) is 18.0 Å². The van der Waals surface area contributed by atoms with Crippen LogP contribution in [-0.2, 0) is 11.2 Å². The maximum Gasteiger partial charge on any atom is 0.243 e. The zero-order valence-corrected chi connectivity index (χ0v) is 18.9. The molecular weight excluding hydrogens is 408 g/mol. The first-order valence-electron chi connectivity index (χ1n) is 10.4. The number of carbonyl (C=O) groups is 1. The Kier molecular flexibility index (Phi) is 8.04. The van der Waals surface area contributed by atoms with Crippen molar-refractivity contribution in [2.24, 2.45) is 0 Å². The fourth-order valence-electron chi connectivity index (χ4n) is 3.18. The Morgan fingerprint density at radius 2 is 1.94 bits per heavy atom. The van der Waals surface area contributed by atoms with Crippen molar-refractivity contribution in [3.63, 3.8) is 0 Å². The van der Waals surface area contributed by atoms with Gasteiger partial charge in [-0.1, -0.05) is 48.0 Å². The molecule has 0 aliphatic heterocycles. The van der Waals surface area contributed by atoms with Gasteiger partial charge in [-0.15, -0.1) is 0 Å². The fraction of sp³-hybridized carbons (Fsp3) is 0.280. The molecule has 3 aromatic rings. The van der Waals surface area contributed by atoms with E-state index in [9.17, 15) is 4.79 Å². The van der Waals surface area contributed by atoms with Crippen LogP contribution in [0, 0.1) is 0 Å². The topological polar surface area (TPSA) is 57.3 Å². The molecule has 0 bridgehead atoms. The monoisotopic (exact) mass is 436 g/mol. The van der Waals surface area contributed by atoms with Crippen molar-refractivity contribution < 1.29 is 4.79 Å². The Balaban J connectivity index is 1.78. The molecule has 2 aromatic carbocycles. The number of benzene rings is 2. The summed E-state index contributed by atoms with van der Waals surface area (Å²) in [6.07, 6.45) is 6.05. The minimum Gasteiger partial charge on any atom is -0.378 e. The summed E-state index contributed by atoms with van der Waals surface area (Å²) >= 11 is 6.12. The lowest BCUT2D eigenvalue weighted by molar-refractivity contribution is -0.116. The Bertz CT molecular complexity index is 1040. The largest absolute Gasteiger partial charge is 0.378 e. The molecule has 6 heteroatoms. The van der Waals surface area contributed by atoms with Crippen LogP contribution in [0.15, 0.2) is 72.9 Å². The van der Waals surface area contributed by atoms with Crippen molar-refractivity contribution in [1.29, 1.82) is 0 Å². The summed E-state index contributed by atoms with van der Waals surface area (Å²) in [4.78, 5) is 18.8. The van der Waals surface area contributed by atoms with E-state index in [1.165, 1.54) is 5.56 Å². The van der Waals surface area contributed by atoms with Gasteiger partial charge in [0.25, 0.3) is 0 Å². The summed E-state index contributed by atoms with van der Waals surface area (Å²) in [5.41, 5.74) is 2.97. The van der Waals surface area contributed by atoms with Crippen molar-refractivity contribution in [2.75, 3.05) is 26.0 Å². The highest BCUT2D eigenvalue weighted by atomic mass is 35.5. The predicted octanol–water partition coefficient (Wildman–Crippen LogP) is 4.53. The second-order valence-corrected chi connectivity index (χ2v) is 8.31. The zero-order chi connectivity index (χ0) is 22.2. The van der Waals surface area contributed by atoms with Crippen LogP contribution in [0.3, 0.4) is 0 Å². The first kappa shape index (κ1) is 22.8.